The lowest BCUT2D eigenvalue weighted by molar-refractivity contribution is -0.190. The number of aromatic nitrogens is 2. The van der Waals surface area contributed by atoms with Gasteiger partial charge in [0.25, 0.3) is 5.56 Å². The Morgan fingerprint density at radius 2 is 1.42 bits per heavy atom. The van der Waals surface area contributed by atoms with Crippen LogP contribution in [0.4, 0.5) is 18.9 Å². The number of hydrogen-bond acceptors (Lipinski definition) is 9. The van der Waals surface area contributed by atoms with E-state index in [4.69, 9.17) is 18.9 Å². The van der Waals surface area contributed by atoms with Gasteiger partial charge >= 0.3 is 17.8 Å². The highest BCUT2D eigenvalue weighted by Gasteiger charge is 2.62. The minimum Gasteiger partial charge on any atom is -0.497 e. The van der Waals surface area contributed by atoms with Crippen LogP contribution in [0.5, 0.6) is 17.2 Å². The molecule has 1 aliphatic rings. The molecule has 12 nitrogen and oxygen atoms in total. The van der Waals surface area contributed by atoms with Gasteiger partial charge in [-0.3, -0.25) is 19.1 Å². The highest BCUT2D eigenvalue weighted by Crippen LogP contribution is 2.51. The number of ether oxygens (including phenoxy) is 4. The van der Waals surface area contributed by atoms with E-state index >= 15 is 0 Å². The zero-order valence-corrected chi connectivity index (χ0v) is 29.9. The molecule has 4 aromatic carbocycles. The molecule has 0 saturated carbocycles. The summed E-state index contributed by atoms with van der Waals surface area (Å²) in [7, 11) is 3.04. The number of aliphatic hydroxyl groups is 2. The Hall–Kier alpha value is -5.90. The van der Waals surface area contributed by atoms with Crippen molar-refractivity contribution in [3.8, 4) is 17.2 Å². The van der Waals surface area contributed by atoms with Gasteiger partial charge in [-0.25, -0.2) is 4.79 Å². The highest BCUT2D eigenvalue weighted by molar-refractivity contribution is 5.94. The van der Waals surface area contributed by atoms with Gasteiger partial charge in [-0.2, -0.15) is 13.2 Å². The van der Waals surface area contributed by atoms with Gasteiger partial charge in [0.2, 0.25) is 0 Å². The van der Waals surface area contributed by atoms with Crippen molar-refractivity contribution in [1.82, 2.24) is 9.55 Å². The fraction of sp³-hybridized carbons (Fsp3) is 0.275. The standard InChI is InChI=1S/C40H38F3N3O9/c1-24-22-46(37(51)45-34(24)48)33-21-32(47)38(55-33,23-54-31-19-13-28(14-20-31)44-36(50)40(41,42)43)35(49)39(25-7-5-4-6-8-25,26-9-15-29(52-2)16-10-26)27-11-17-30(53-3)18-12-27/h4-20,22,32-33,35,47,49H,21,23H2,1-3H3,(H,44,50)(H,45,48,51)/t32-,33+,35?,38-/m0/s1. The van der Waals surface area contributed by atoms with E-state index in [1.807, 2.05) is 18.2 Å². The first-order chi connectivity index (χ1) is 26.2. The average Bonchev–Trinajstić information content (AvgIpc) is 3.52. The normalized spacial score (nSPS) is 19.1. The number of methoxy groups -OCH3 is 2. The van der Waals surface area contributed by atoms with Crippen molar-refractivity contribution in [3.05, 3.63) is 152 Å². The molecule has 0 bridgehead atoms. The molecule has 1 fully saturated rings. The summed E-state index contributed by atoms with van der Waals surface area (Å²) < 4.78 is 63.5. The number of nitrogens with zero attached hydrogens (tertiary/aromatic N) is 1. The molecule has 288 valence electrons. The fourth-order valence-electron chi connectivity index (χ4n) is 6.98. The highest BCUT2D eigenvalue weighted by atomic mass is 19.4. The van der Waals surface area contributed by atoms with Crippen molar-refractivity contribution >= 4 is 11.6 Å². The number of rotatable bonds is 12. The van der Waals surface area contributed by atoms with Crippen LogP contribution in [-0.4, -0.2) is 70.5 Å². The molecule has 2 heterocycles. The summed E-state index contributed by atoms with van der Waals surface area (Å²) in [5, 5.41) is 27.2. The maximum absolute atomic E-state index is 13.3. The lowest BCUT2D eigenvalue weighted by Crippen LogP contribution is -2.63. The molecule has 4 atom stereocenters. The summed E-state index contributed by atoms with van der Waals surface area (Å²) in [6.07, 6.45) is -8.50. The second kappa shape index (κ2) is 15.5. The van der Waals surface area contributed by atoms with E-state index in [0.717, 1.165) is 4.57 Å². The Morgan fingerprint density at radius 1 is 0.891 bits per heavy atom. The molecule has 0 spiro atoms. The van der Waals surface area contributed by atoms with Crippen LogP contribution >= 0.6 is 0 Å². The topological polar surface area (TPSA) is 161 Å². The van der Waals surface area contributed by atoms with E-state index in [1.165, 1.54) is 51.6 Å². The van der Waals surface area contributed by atoms with E-state index in [-0.39, 0.29) is 23.4 Å². The molecule has 5 aromatic rings. The Kier molecular flexibility index (Phi) is 10.9. The van der Waals surface area contributed by atoms with Gasteiger partial charge in [-0.1, -0.05) is 54.6 Å². The number of alkyl halides is 3. The number of aliphatic hydroxyl groups excluding tert-OH is 2. The van der Waals surface area contributed by atoms with Crippen LogP contribution in [0, 0.1) is 6.92 Å². The average molecular weight is 762 g/mol. The Balaban J connectivity index is 1.53. The third-order valence-electron chi connectivity index (χ3n) is 9.83. The van der Waals surface area contributed by atoms with E-state index < -0.39 is 59.4 Å². The minimum atomic E-state index is -5.10. The fourth-order valence-corrected chi connectivity index (χ4v) is 6.98. The Labute approximate surface area is 312 Å². The molecule has 15 heteroatoms. The number of nitrogens with one attached hydrogen (secondary N) is 2. The second-order valence-corrected chi connectivity index (χ2v) is 13.1. The predicted molar refractivity (Wildman–Crippen MR) is 194 cm³/mol. The van der Waals surface area contributed by atoms with Crippen LogP contribution in [0.15, 0.2) is 119 Å². The van der Waals surface area contributed by atoms with Gasteiger partial charge < -0.3 is 34.5 Å². The minimum absolute atomic E-state index is 0.0899. The molecule has 1 aromatic heterocycles. The summed E-state index contributed by atoms with van der Waals surface area (Å²) in [4.78, 5) is 39.1. The van der Waals surface area contributed by atoms with Crippen molar-refractivity contribution in [2.45, 2.75) is 49.0 Å². The van der Waals surface area contributed by atoms with Crippen molar-refractivity contribution in [1.29, 1.82) is 0 Å². The maximum Gasteiger partial charge on any atom is 0.471 e. The largest absolute Gasteiger partial charge is 0.497 e. The lowest BCUT2D eigenvalue weighted by Gasteiger charge is -2.48. The number of benzene rings is 4. The summed E-state index contributed by atoms with van der Waals surface area (Å²) in [5.41, 5.74) is -3.30. The van der Waals surface area contributed by atoms with Crippen molar-refractivity contribution in [3.63, 3.8) is 0 Å². The molecule has 1 aliphatic heterocycles. The smallest absolute Gasteiger partial charge is 0.471 e. The Morgan fingerprint density at radius 3 is 1.95 bits per heavy atom. The first kappa shape index (κ1) is 38.8. The molecule has 0 radical (unpaired) electrons. The van der Waals surface area contributed by atoms with E-state index in [2.05, 4.69) is 4.98 Å². The molecular formula is C40H38F3N3O9. The molecule has 1 amide bonds. The van der Waals surface area contributed by atoms with Gasteiger partial charge in [0.05, 0.1) is 25.7 Å². The SMILES string of the molecule is COc1ccc(C(c2ccccc2)(c2ccc(OC)cc2)C(O)[C@@]2(COc3ccc(NC(=O)C(F)(F)F)cc3)O[C@@H](n3cc(C)c(=O)[nH]c3=O)C[C@@H]2O)cc1. The second-order valence-electron chi connectivity index (χ2n) is 13.1. The van der Waals surface area contributed by atoms with Gasteiger partial charge in [0, 0.05) is 23.9 Å². The van der Waals surface area contributed by atoms with E-state index in [1.54, 1.807) is 66.0 Å². The van der Waals surface area contributed by atoms with Gasteiger partial charge in [-0.15, -0.1) is 0 Å². The molecular weight excluding hydrogens is 723 g/mol. The summed E-state index contributed by atoms with van der Waals surface area (Å²) in [6.45, 7) is 0.942. The van der Waals surface area contributed by atoms with Crippen LogP contribution in [0.25, 0.3) is 0 Å². The summed E-state index contributed by atoms with van der Waals surface area (Å²) in [5.74, 6) is -0.994. The first-order valence-corrected chi connectivity index (χ1v) is 17.0. The number of amides is 1. The van der Waals surface area contributed by atoms with Crippen molar-refractivity contribution < 1.29 is 47.1 Å². The lowest BCUT2D eigenvalue weighted by atomic mass is 9.61. The zero-order valence-electron chi connectivity index (χ0n) is 29.9. The summed E-state index contributed by atoms with van der Waals surface area (Å²) in [6, 6.07) is 28.0. The quantitative estimate of drug-likeness (QED) is 0.130. The van der Waals surface area contributed by atoms with Crippen molar-refractivity contribution in [2.75, 3.05) is 26.1 Å². The molecule has 55 heavy (non-hydrogen) atoms. The van der Waals surface area contributed by atoms with Crippen LogP contribution in [0.1, 0.15) is 34.9 Å². The number of halogens is 3. The number of aryl methyl sites for hydroxylation is 1. The van der Waals surface area contributed by atoms with Crippen LogP contribution in [0.2, 0.25) is 0 Å². The number of carbonyl (C=O) groups is 1. The summed E-state index contributed by atoms with van der Waals surface area (Å²) >= 11 is 0. The molecule has 6 rings (SSSR count). The number of anilines is 1. The molecule has 4 N–H and O–H groups in total. The molecule has 1 unspecified atom stereocenters. The van der Waals surface area contributed by atoms with Gasteiger partial charge in [0.1, 0.15) is 36.2 Å². The van der Waals surface area contributed by atoms with Gasteiger partial charge in [-0.05, 0) is 72.1 Å². The number of H-pyrrole nitrogens is 1. The monoisotopic (exact) mass is 761 g/mol. The van der Waals surface area contributed by atoms with Crippen LogP contribution < -0.4 is 30.8 Å². The van der Waals surface area contributed by atoms with Crippen LogP contribution in [-0.2, 0) is 14.9 Å². The number of carbonyl (C=O) groups excluding carboxylic acids is 1. The first-order valence-electron chi connectivity index (χ1n) is 17.0. The third-order valence-corrected chi connectivity index (χ3v) is 9.83. The molecule has 0 aliphatic carbocycles. The predicted octanol–water partition coefficient (Wildman–Crippen LogP) is 4.86. The molecule has 1 saturated heterocycles. The Bertz CT molecular complexity index is 2180. The van der Waals surface area contributed by atoms with E-state index in [9.17, 15) is 37.8 Å². The van der Waals surface area contributed by atoms with Gasteiger partial charge in [0.15, 0.2) is 5.60 Å². The van der Waals surface area contributed by atoms with E-state index in [0.29, 0.717) is 28.2 Å². The van der Waals surface area contributed by atoms with Crippen LogP contribution in [0.3, 0.4) is 0 Å². The maximum atomic E-state index is 13.3. The van der Waals surface area contributed by atoms with Crippen molar-refractivity contribution in [2.24, 2.45) is 0 Å². The number of aromatic amines is 1. The third kappa shape index (κ3) is 7.45. The number of hydrogen-bond donors (Lipinski definition) is 4. The zero-order chi connectivity index (χ0) is 39.5.